The summed E-state index contributed by atoms with van der Waals surface area (Å²) in [5.41, 5.74) is 19.7. The summed E-state index contributed by atoms with van der Waals surface area (Å²) in [6, 6.07) is 44.5. The van der Waals surface area contributed by atoms with Gasteiger partial charge < -0.3 is 14.7 Å². The number of anilines is 9. The summed E-state index contributed by atoms with van der Waals surface area (Å²) in [4.78, 5) is 7.13. The van der Waals surface area contributed by atoms with Gasteiger partial charge in [0.05, 0.1) is 18.2 Å². The molecule has 9 aromatic rings. The number of thiophene rings is 1. The average molecular weight is 1090 g/mol. The first-order chi connectivity index (χ1) is 40.3. The maximum absolute atomic E-state index is 9.87. The van der Waals surface area contributed by atoms with Crippen LogP contribution >= 0.6 is 11.3 Å². The number of benzene rings is 8. The summed E-state index contributed by atoms with van der Waals surface area (Å²) in [6.45, 7) is 35.8. The predicted molar refractivity (Wildman–Crippen MR) is 353 cm³/mol. The summed E-state index contributed by atoms with van der Waals surface area (Å²) < 4.78 is 49.8. The molecule has 0 saturated carbocycles. The Kier molecular flexibility index (Phi) is 10.1. The van der Waals surface area contributed by atoms with Crippen molar-refractivity contribution in [2.75, 3.05) is 14.7 Å². The third-order valence-corrected chi connectivity index (χ3v) is 21.8. The van der Waals surface area contributed by atoms with Crippen molar-refractivity contribution in [2.24, 2.45) is 0 Å². The van der Waals surface area contributed by atoms with Crippen LogP contribution in [0.2, 0.25) is 0 Å². The van der Waals surface area contributed by atoms with Gasteiger partial charge in [-0.15, -0.1) is 11.3 Å². The topological polar surface area (TPSA) is 9.72 Å². The molecule has 14 rings (SSSR count). The Labute approximate surface area is 495 Å². The molecule has 0 amide bonds. The largest absolute Gasteiger partial charge is 0.311 e. The predicted octanol–water partition coefficient (Wildman–Crippen LogP) is 20.0. The van der Waals surface area contributed by atoms with E-state index < -0.39 is 6.04 Å². The summed E-state index contributed by atoms with van der Waals surface area (Å²) >= 11 is 1.95. The minimum atomic E-state index is -0.419. The third kappa shape index (κ3) is 8.08. The molecule has 410 valence electrons. The molecule has 0 radical (unpaired) electrons. The highest BCUT2D eigenvalue weighted by Gasteiger charge is 2.49. The smallest absolute Gasteiger partial charge is 0.264 e. The third-order valence-electron chi connectivity index (χ3n) is 20.6. The molecule has 5 heteroatoms. The molecule has 0 N–H and O–H groups in total. The van der Waals surface area contributed by atoms with Crippen LogP contribution in [-0.4, -0.2) is 6.71 Å². The van der Waals surface area contributed by atoms with Crippen LogP contribution in [-0.2, 0) is 37.9 Å². The average Bonchev–Trinajstić information content (AvgIpc) is 1.15. The van der Waals surface area contributed by atoms with E-state index in [4.69, 9.17) is 1.37 Å². The van der Waals surface area contributed by atoms with Crippen molar-refractivity contribution in [3.63, 3.8) is 0 Å². The fraction of sp³-hybridized carbons (Fsp3) is 0.368. The number of fused-ring (bicyclic) bond motifs is 10. The molecule has 0 saturated heterocycles. The summed E-state index contributed by atoms with van der Waals surface area (Å²) in [5.74, 6) is 0. The van der Waals surface area contributed by atoms with E-state index in [1.807, 2.05) is 28.4 Å². The molecule has 1 aromatic heterocycles. The molecule has 8 aromatic carbocycles. The van der Waals surface area contributed by atoms with Gasteiger partial charge in [0.2, 0.25) is 0 Å². The van der Waals surface area contributed by atoms with E-state index in [-0.39, 0.29) is 74.5 Å². The number of rotatable bonds is 5. The second kappa shape index (κ2) is 17.5. The Morgan fingerprint density at radius 2 is 0.988 bits per heavy atom. The van der Waals surface area contributed by atoms with Crippen LogP contribution in [0.25, 0.3) is 20.9 Å². The van der Waals surface area contributed by atoms with Crippen molar-refractivity contribution < 1.29 is 6.85 Å². The van der Waals surface area contributed by atoms with Crippen molar-refractivity contribution in [1.82, 2.24) is 0 Å². The fourth-order valence-electron chi connectivity index (χ4n) is 15.2. The molecule has 3 aliphatic carbocycles. The molecule has 0 bridgehead atoms. The summed E-state index contributed by atoms with van der Waals surface area (Å²) in [5, 5.41) is 3.23. The molecular formula is C76H82BN3S. The molecule has 5 aliphatic rings. The van der Waals surface area contributed by atoms with Crippen molar-refractivity contribution in [1.29, 1.82) is 0 Å². The molecule has 0 spiro atoms. The quantitative estimate of drug-likeness (QED) is 0.159. The molecule has 0 atom stereocenters. The lowest BCUT2D eigenvalue weighted by molar-refractivity contribution is 0.332. The number of nitrogens with zero attached hydrogens (tertiary/aromatic N) is 3. The van der Waals surface area contributed by atoms with Gasteiger partial charge in [-0.25, -0.2) is 0 Å². The summed E-state index contributed by atoms with van der Waals surface area (Å²) in [7, 11) is 0. The first-order valence-corrected chi connectivity index (χ1v) is 30.8. The lowest BCUT2D eigenvalue weighted by atomic mass is 9.35. The highest BCUT2D eigenvalue weighted by molar-refractivity contribution is 7.33. The highest BCUT2D eigenvalue weighted by atomic mass is 32.1. The van der Waals surface area contributed by atoms with Crippen LogP contribution in [0.1, 0.15) is 188 Å². The molecule has 81 heavy (non-hydrogen) atoms. The molecule has 3 heterocycles. The van der Waals surface area contributed by atoms with Gasteiger partial charge in [0, 0.05) is 54.7 Å². The zero-order valence-corrected chi connectivity index (χ0v) is 51.4. The highest BCUT2D eigenvalue weighted by Crippen LogP contribution is 2.56. The molecule has 2 aliphatic heterocycles. The standard InChI is InChI=1S/C76H82BN3S/c1-70(2,3)49-26-30-55-66(40-49)81-69-68(55)80(53-29-32-57-59(42-53)74(10,11)36-34-72(57,6)7)65-44-54(78(50-23-17-16-18-24-50)51-27-25-47-21-19-20-22-48(47)39-51)43-64-67(65)77(69)62-45-60-61(76(14,15)38-37-75(60,12)13)46-63(62)79(64)52-28-31-56-58(41-52)73(8,9)35-33-71(56,4)5/h16-32,39-46H,33-38H2,1-15H3/i16D,17D,18D,23D,24D. The fourth-order valence-corrected chi connectivity index (χ4v) is 16.5. The van der Waals surface area contributed by atoms with Gasteiger partial charge in [-0.1, -0.05) is 183 Å². The monoisotopic (exact) mass is 1080 g/mol. The Bertz CT molecular complexity index is 4370. The number of hydrogen-bond acceptors (Lipinski definition) is 4. The van der Waals surface area contributed by atoms with Crippen LogP contribution < -0.4 is 30.4 Å². The zero-order valence-electron chi connectivity index (χ0n) is 55.6. The molecule has 0 fully saturated rings. The van der Waals surface area contributed by atoms with Crippen LogP contribution in [0.3, 0.4) is 0 Å². The molecular weight excluding hydrogens is 998 g/mol. The van der Waals surface area contributed by atoms with Gasteiger partial charge in [-0.3, -0.25) is 0 Å². The first kappa shape index (κ1) is 47.0. The second-order valence-corrected chi connectivity index (χ2v) is 30.9. The van der Waals surface area contributed by atoms with Crippen LogP contribution in [0.5, 0.6) is 0 Å². The van der Waals surface area contributed by atoms with Crippen LogP contribution in [0, 0.1) is 0 Å². The minimum absolute atomic E-state index is 0.00404. The lowest BCUT2D eigenvalue weighted by Crippen LogP contribution is -2.61. The van der Waals surface area contributed by atoms with Gasteiger partial charge in [0.1, 0.15) is 0 Å². The van der Waals surface area contributed by atoms with Crippen molar-refractivity contribution in [2.45, 2.75) is 180 Å². The summed E-state index contributed by atoms with van der Waals surface area (Å²) in [6.07, 6.45) is 6.52. The van der Waals surface area contributed by atoms with E-state index >= 15 is 0 Å². The van der Waals surface area contributed by atoms with E-state index in [1.165, 1.54) is 70.4 Å². The second-order valence-electron chi connectivity index (χ2n) is 29.8. The maximum Gasteiger partial charge on any atom is 0.264 e. The zero-order chi connectivity index (χ0) is 61.1. The first-order valence-electron chi connectivity index (χ1n) is 32.5. The SMILES string of the molecule is [2H]c1c([2H])c([2H])c(N(c2cc3c4c(c2)N(c2ccc5c(c2)C(C)(C)CCC5(C)C)c2c(sc5cc(C(C)(C)C)ccc25)B4c2cc4c(cc2N3c2ccc3c(c2)C(C)(C)CCC3(C)C)C(C)(C)CCC4(C)C)c2ccc3ccccc3c2)c([2H])c1[2H]. The van der Waals surface area contributed by atoms with E-state index in [0.717, 1.165) is 77.7 Å². The van der Waals surface area contributed by atoms with E-state index in [2.05, 4.69) is 223 Å². The van der Waals surface area contributed by atoms with Gasteiger partial charge in [0.15, 0.2) is 0 Å². The van der Waals surface area contributed by atoms with Crippen molar-refractivity contribution in [3.8, 4) is 0 Å². The van der Waals surface area contributed by atoms with Crippen molar-refractivity contribution >= 4 is 106 Å². The van der Waals surface area contributed by atoms with Gasteiger partial charge >= 0.3 is 0 Å². The number of hydrogen-bond donors (Lipinski definition) is 0. The Hall–Kier alpha value is -6.56. The van der Waals surface area contributed by atoms with Gasteiger partial charge in [-0.05, 0) is 210 Å². The van der Waals surface area contributed by atoms with E-state index in [1.54, 1.807) is 0 Å². The van der Waals surface area contributed by atoms with Crippen LogP contribution in [0.4, 0.5) is 51.2 Å². The Morgan fingerprint density at radius 3 is 1.57 bits per heavy atom. The van der Waals surface area contributed by atoms with E-state index in [9.17, 15) is 5.48 Å². The van der Waals surface area contributed by atoms with Crippen molar-refractivity contribution in [3.05, 3.63) is 190 Å². The minimum Gasteiger partial charge on any atom is -0.311 e. The maximum atomic E-state index is 9.87. The number of para-hydroxylation sites is 1. The van der Waals surface area contributed by atoms with Crippen LogP contribution in [0.15, 0.2) is 152 Å². The van der Waals surface area contributed by atoms with E-state index in [0.29, 0.717) is 11.4 Å². The molecule has 3 nitrogen and oxygen atoms in total. The van der Waals surface area contributed by atoms with Gasteiger partial charge in [0.25, 0.3) is 6.71 Å². The lowest BCUT2D eigenvalue weighted by Gasteiger charge is -2.48. The Morgan fingerprint density at radius 1 is 0.469 bits per heavy atom. The normalized spacial score (nSPS) is 20.1. The Balaban J connectivity index is 1.18. The van der Waals surface area contributed by atoms with Gasteiger partial charge in [-0.2, -0.15) is 0 Å². The molecule has 0 unspecified atom stereocenters.